The quantitative estimate of drug-likeness (QED) is 0.485. The molecular formula is C28H48O. The Hall–Kier alpha value is -0.300. The normalized spacial score (nSPS) is 49.5. The lowest BCUT2D eigenvalue weighted by Gasteiger charge is -2.61. The molecule has 166 valence electrons. The van der Waals surface area contributed by atoms with Crippen LogP contribution < -0.4 is 0 Å². The van der Waals surface area contributed by atoms with Crippen molar-refractivity contribution in [3.8, 4) is 0 Å². The summed E-state index contributed by atoms with van der Waals surface area (Å²) in [6, 6.07) is 0. The zero-order valence-electron chi connectivity index (χ0n) is 20.2. The first kappa shape index (κ1) is 21.9. The first-order chi connectivity index (χ1) is 13.7. The number of rotatable bonds is 4. The van der Waals surface area contributed by atoms with E-state index in [2.05, 4.69) is 53.7 Å². The molecule has 4 aliphatic carbocycles. The third-order valence-electron chi connectivity index (χ3n) is 11.1. The van der Waals surface area contributed by atoms with Crippen LogP contribution >= 0.6 is 0 Å². The maximum atomic E-state index is 10.3. The van der Waals surface area contributed by atoms with Crippen molar-refractivity contribution in [2.45, 2.75) is 105 Å². The van der Waals surface area contributed by atoms with E-state index in [0.29, 0.717) is 16.7 Å². The molecule has 1 nitrogen and oxygen atoms in total. The summed E-state index contributed by atoms with van der Waals surface area (Å²) in [5, 5.41) is 10.3. The summed E-state index contributed by atoms with van der Waals surface area (Å²) in [6.07, 6.45) is 17.1. The summed E-state index contributed by atoms with van der Waals surface area (Å²) in [5.41, 5.74) is 1.07. The molecule has 0 saturated heterocycles. The highest BCUT2D eigenvalue weighted by Gasteiger charge is 2.60. The van der Waals surface area contributed by atoms with E-state index in [1.807, 2.05) is 0 Å². The van der Waals surface area contributed by atoms with Gasteiger partial charge in [0.2, 0.25) is 0 Å². The summed E-state index contributed by atoms with van der Waals surface area (Å²) in [6.45, 7) is 14.9. The zero-order chi connectivity index (χ0) is 21.0. The third kappa shape index (κ3) is 3.66. The SMILES string of the molecule is CC(C)C(C)/C=C/C(C)[C@H]1CC[C@H]2[C@@H]3CC[C@H]4C[C@@H](O)CC[C@]4(C)[C@H]3CC[C@]12C. The minimum atomic E-state index is -0.0183. The van der Waals surface area contributed by atoms with E-state index in [4.69, 9.17) is 0 Å². The van der Waals surface area contributed by atoms with Crippen molar-refractivity contribution in [1.29, 1.82) is 0 Å². The molecule has 0 aromatic carbocycles. The van der Waals surface area contributed by atoms with Crippen LogP contribution in [0.1, 0.15) is 99.3 Å². The molecule has 4 fully saturated rings. The van der Waals surface area contributed by atoms with E-state index >= 15 is 0 Å². The fourth-order valence-electron chi connectivity index (χ4n) is 8.85. The van der Waals surface area contributed by atoms with Crippen molar-refractivity contribution in [2.24, 2.45) is 58.2 Å². The highest BCUT2D eigenvalue weighted by atomic mass is 16.3. The summed E-state index contributed by atoms with van der Waals surface area (Å²) >= 11 is 0. The smallest absolute Gasteiger partial charge is 0.0543 e. The first-order valence-electron chi connectivity index (χ1n) is 13.0. The molecule has 0 aromatic rings. The molecule has 0 radical (unpaired) electrons. The Morgan fingerprint density at radius 1 is 0.793 bits per heavy atom. The van der Waals surface area contributed by atoms with Gasteiger partial charge in [-0.15, -0.1) is 0 Å². The minimum absolute atomic E-state index is 0.0183. The fourth-order valence-corrected chi connectivity index (χ4v) is 8.85. The molecule has 4 rings (SSSR count). The molecule has 29 heavy (non-hydrogen) atoms. The van der Waals surface area contributed by atoms with Gasteiger partial charge in [-0.1, -0.05) is 53.7 Å². The van der Waals surface area contributed by atoms with Gasteiger partial charge < -0.3 is 5.11 Å². The predicted octanol–water partition coefficient (Wildman–Crippen LogP) is 7.49. The molecule has 0 aromatic heterocycles. The second-order valence-corrected chi connectivity index (χ2v) is 12.7. The molecule has 0 amide bonds. The van der Waals surface area contributed by atoms with Gasteiger partial charge in [-0.05, 0) is 116 Å². The number of aliphatic hydroxyl groups is 1. The van der Waals surface area contributed by atoms with Crippen LogP contribution in [0.4, 0.5) is 0 Å². The molecule has 4 saturated carbocycles. The Bertz CT molecular complexity index is 607. The molecule has 1 N–H and O–H groups in total. The largest absolute Gasteiger partial charge is 0.393 e. The number of fused-ring (bicyclic) bond motifs is 5. The minimum Gasteiger partial charge on any atom is -0.393 e. The lowest BCUT2D eigenvalue weighted by atomic mass is 9.44. The van der Waals surface area contributed by atoms with Gasteiger partial charge in [-0.25, -0.2) is 0 Å². The van der Waals surface area contributed by atoms with Crippen LogP contribution in [-0.4, -0.2) is 11.2 Å². The van der Waals surface area contributed by atoms with Gasteiger partial charge in [0.05, 0.1) is 6.10 Å². The van der Waals surface area contributed by atoms with E-state index in [1.165, 1.54) is 44.9 Å². The fraction of sp³-hybridized carbons (Fsp3) is 0.929. The second kappa shape index (κ2) is 7.99. The maximum absolute atomic E-state index is 10.3. The highest BCUT2D eigenvalue weighted by molar-refractivity contribution is 5.11. The number of hydrogen-bond donors (Lipinski definition) is 1. The highest BCUT2D eigenvalue weighted by Crippen LogP contribution is 2.68. The number of allylic oxidation sites excluding steroid dienone is 2. The Kier molecular flexibility index (Phi) is 6.04. The van der Waals surface area contributed by atoms with Gasteiger partial charge in [0, 0.05) is 0 Å². The van der Waals surface area contributed by atoms with Crippen molar-refractivity contribution in [1.82, 2.24) is 0 Å². The standard InChI is InChI=1S/C28H48O/c1-18(2)19(3)7-8-20(4)24-11-12-25-23-10-9-21-17-22(29)13-15-27(21,5)26(23)14-16-28(24,25)6/h7-8,18-26,29H,9-17H2,1-6H3/b8-7+/t19?,20?,21-,22-,23-,24+,25-,26-,27-,28+/m0/s1. The molecule has 0 aliphatic heterocycles. The molecule has 2 unspecified atom stereocenters. The summed E-state index contributed by atoms with van der Waals surface area (Å²) in [5.74, 6) is 6.66. The van der Waals surface area contributed by atoms with Crippen LogP contribution in [0.3, 0.4) is 0 Å². The Labute approximate surface area is 181 Å². The Morgan fingerprint density at radius 2 is 1.48 bits per heavy atom. The van der Waals surface area contributed by atoms with E-state index in [1.54, 1.807) is 0 Å². The second-order valence-electron chi connectivity index (χ2n) is 12.7. The molecular weight excluding hydrogens is 352 g/mol. The van der Waals surface area contributed by atoms with Crippen LogP contribution in [0.25, 0.3) is 0 Å². The van der Waals surface area contributed by atoms with Crippen LogP contribution in [0.2, 0.25) is 0 Å². The molecule has 10 atom stereocenters. The lowest BCUT2D eigenvalue weighted by molar-refractivity contribution is -0.128. The van der Waals surface area contributed by atoms with Crippen molar-refractivity contribution in [3.63, 3.8) is 0 Å². The first-order valence-corrected chi connectivity index (χ1v) is 13.0. The van der Waals surface area contributed by atoms with Gasteiger partial charge in [0.15, 0.2) is 0 Å². The number of hydrogen-bond acceptors (Lipinski definition) is 1. The zero-order valence-corrected chi connectivity index (χ0v) is 20.2. The summed E-state index contributed by atoms with van der Waals surface area (Å²) in [7, 11) is 0. The van der Waals surface area contributed by atoms with E-state index in [0.717, 1.165) is 54.3 Å². The Morgan fingerprint density at radius 3 is 2.21 bits per heavy atom. The van der Waals surface area contributed by atoms with Crippen molar-refractivity contribution in [2.75, 3.05) is 0 Å². The van der Waals surface area contributed by atoms with E-state index in [-0.39, 0.29) is 6.10 Å². The van der Waals surface area contributed by atoms with Crippen LogP contribution in [0, 0.1) is 58.2 Å². The van der Waals surface area contributed by atoms with Crippen LogP contribution in [0.15, 0.2) is 12.2 Å². The lowest BCUT2D eigenvalue weighted by Crippen LogP contribution is -2.54. The molecule has 0 spiro atoms. The van der Waals surface area contributed by atoms with Gasteiger partial charge in [0.1, 0.15) is 0 Å². The predicted molar refractivity (Wildman–Crippen MR) is 124 cm³/mol. The van der Waals surface area contributed by atoms with Crippen LogP contribution in [0.5, 0.6) is 0 Å². The topological polar surface area (TPSA) is 20.2 Å². The molecule has 0 bridgehead atoms. The molecule has 4 aliphatic rings. The van der Waals surface area contributed by atoms with Gasteiger partial charge >= 0.3 is 0 Å². The van der Waals surface area contributed by atoms with Gasteiger partial charge in [-0.2, -0.15) is 0 Å². The summed E-state index contributed by atoms with van der Waals surface area (Å²) < 4.78 is 0. The van der Waals surface area contributed by atoms with Crippen molar-refractivity contribution >= 4 is 0 Å². The number of aliphatic hydroxyl groups excluding tert-OH is 1. The average Bonchev–Trinajstić information content (AvgIpc) is 3.03. The van der Waals surface area contributed by atoms with Gasteiger partial charge in [-0.3, -0.25) is 0 Å². The van der Waals surface area contributed by atoms with E-state index in [9.17, 15) is 5.11 Å². The van der Waals surface area contributed by atoms with Gasteiger partial charge in [0.25, 0.3) is 0 Å². The average molecular weight is 401 g/mol. The van der Waals surface area contributed by atoms with Crippen molar-refractivity contribution < 1.29 is 5.11 Å². The summed E-state index contributed by atoms with van der Waals surface area (Å²) in [4.78, 5) is 0. The molecule has 0 heterocycles. The van der Waals surface area contributed by atoms with E-state index < -0.39 is 0 Å². The monoisotopic (exact) mass is 400 g/mol. The third-order valence-corrected chi connectivity index (χ3v) is 11.1. The van der Waals surface area contributed by atoms with Crippen LogP contribution in [-0.2, 0) is 0 Å². The maximum Gasteiger partial charge on any atom is 0.0543 e. The van der Waals surface area contributed by atoms with Crippen molar-refractivity contribution in [3.05, 3.63) is 12.2 Å². The Balaban J connectivity index is 1.50. The molecule has 1 heteroatoms.